The summed E-state index contributed by atoms with van der Waals surface area (Å²) < 4.78 is 5.76. The molecule has 4 rings (SSSR count). The third-order valence-corrected chi connectivity index (χ3v) is 6.82. The van der Waals surface area contributed by atoms with Gasteiger partial charge in [0.2, 0.25) is 0 Å². The van der Waals surface area contributed by atoms with Gasteiger partial charge in [-0.15, -0.1) is 11.3 Å². The molecule has 0 fully saturated rings. The Balaban J connectivity index is 1.35. The Morgan fingerprint density at radius 1 is 1.22 bits per heavy atom. The average molecular weight is 462 g/mol. The van der Waals surface area contributed by atoms with Crippen LogP contribution in [0.15, 0.2) is 54.6 Å². The van der Waals surface area contributed by atoms with Gasteiger partial charge in [0.05, 0.1) is 5.56 Å². The Bertz CT molecular complexity index is 1160. The Kier molecular flexibility index (Phi) is 6.84. The molecular formula is C25H23N3O2S2. The molecule has 1 aliphatic carbocycles. The number of hydrogen-bond acceptors (Lipinski definition) is 5. The fraction of sp³-hybridized carbons (Fsp3) is 0.240. The van der Waals surface area contributed by atoms with Crippen LogP contribution < -0.4 is 15.4 Å². The summed E-state index contributed by atoms with van der Waals surface area (Å²) in [4.78, 5) is 13.8. The monoisotopic (exact) mass is 461 g/mol. The third-order valence-electron chi connectivity index (χ3n) is 5.44. The summed E-state index contributed by atoms with van der Waals surface area (Å²) in [6.45, 7) is 2.69. The SMILES string of the molecule is CC1CCc2c(sc(NC(=S)NC(=O)c3ccc(OCc4ccccc4)cc3)c2C#N)C1. The number of nitrogens with zero attached hydrogens (tertiary/aromatic N) is 1. The van der Waals surface area contributed by atoms with Crippen LogP contribution in [-0.2, 0) is 19.4 Å². The average Bonchev–Trinajstić information content (AvgIpc) is 3.14. The number of hydrogen-bond donors (Lipinski definition) is 2. The second-order valence-corrected chi connectivity index (χ2v) is 9.39. The molecule has 5 nitrogen and oxygen atoms in total. The number of nitrogens with one attached hydrogen (secondary N) is 2. The highest BCUT2D eigenvalue weighted by Crippen LogP contribution is 2.39. The summed E-state index contributed by atoms with van der Waals surface area (Å²) >= 11 is 6.89. The first-order valence-corrected chi connectivity index (χ1v) is 11.7. The van der Waals surface area contributed by atoms with Crippen molar-refractivity contribution in [2.24, 2.45) is 5.92 Å². The van der Waals surface area contributed by atoms with E-state index in [4.69, 9.17) is 17.0 Å². The molecule has 1 amide bonds. The van der Waals surface area contributed by atoms with E-state index in [1.807, 2.05) is 30.3 Å². The summed E-state index contributed by atoms with van der Waals surface area (Å²) in [6, 6.07) is 19.1. The van der Waals surface area contributed by atoms with E-state index in [1.165, 1.54) is 4.88 Å². The molecule has 2 N–H and O–H groups in total. The topological polar surface area (TPSA) is 74.2 Å². The number of ether oxygens (including phenoxy) is 1. The fourth-order valence-corrected chi connectivity index (χ4v) is 5.34. The number of thiocarbonyl (C=S) groups is 1. The molecule has 0 spiro atoms. The quantitative estimate of drug-likeness (QED) is 0.494. The van der Waals surface area contributed by atoms with Gasteiger partial charge < -0.3 is 10.1 Å². The van der Waals surface area contributed by atoms with Gasteiger partial charge in [-0.1, -0.05) is 37.3 Å². The zero-order valence-electron chi connectivity index (χ0n) is 17.7. The number of carbonyl (C=O) groups is 1. The first-order valence-electron chi connectivity index (χ1n) is 10.5. The van der Waals surface area contributed by atoms with E-state index in [1.54, 1.807) is 35.6 Å². The number of rotatable bonds is 5. The van der Waals surface area contributed by atoms with Gasteiger partial charge in [0.15, 0.2) is 5.11 Å². The molecule has 0 saturated carbocycles. The summed E-state index contributed by atoms with van der Waals surface area (Å²) in [5.74, 6) is 0.987. The van der Waals surface area contributed by atoms with Crippen molar-refractivity contribution in [3.05, 3.63) is 81.7 Å². The van der Waals surface area contributed by atoms with Crippen LogP contribution in [0.3, 0.4) is 0 Å². The lowest BCUT2D eigenvalue weighted by molar-refractivity contribution is 0.0977. The van der Waals surface area contributed by atoms with Crippen molar-refractivity contribution in [2.45, 2.75) is 32.8 Å². The van der Waals surface area contributed by atoms with Gasteiger partial charge in [-0.2, -0.15) is 5.26 Å². The molecule has 0 bridgehead atoms. The molecule has 2 aromatic carbocycles. The highest BCUT2D eigenvalue weighted by Gasteiger charge is 2.24. The van der Waals surface area contributed by atoms with E-state index in [-0.39, 0.29) is 11.0 Å². The van der Waals surface area contributed by atoms with Crippen LogP contribution in [0.2, 0.25) is 0 Å². The van der Waals surface area contributed by atoms with Gasteiger partial charge >= 0.3 is 0 Å². The van der Waals surface area contributed by atoms with Crippen LogP contribution in [0.5, 0.6) is 5.75 Å². The van der Waals surface area contributed by atoms with Crippen molar-refractivity contribution in [3.63, 3.8) is 0 Å². The summed E-state index contributed by atoms with van der Waals surface area (Å²) in [7, 11) is 0. The highest BCUT2D eigenvalue weighted by atomic mass is 32.1. The first-order chi connectivity index (χ1) is 15.5. The maximum Gasteiger partial charge on any atom is 0.257 e. The van der Waals surface area contributed by atoms with Gasteiger partial charge in [0.1, 0.15) is 23.4 Å². The molecule has 1 unspecified atom stereocenters. The molecule has 1 atom stereocenters. The molecule has 1 heterocycles. The first kappa shape index (κ1) is 22.0. The number of fused-ring (bicyclic) bond motifs is 1. The van der Waals surface area contributed by atoms with Crippen LogP contribution in [0.4, 0.5) is 5.00 Å². The molecule has 162 valence electrons. The van der Waals surface area contributed by atoms with E-state index >= 15 is 0 Å². The van der Waals surface area contributed by atoms with Crippen molar-refractivity contribution in [1.29, 1.82) is 5.26 Å². The lowest BCUT2D eigenvalue weighted by atomic mass is 9.89. The number of amides is 1. The highest BCUT2D eigenvalue weighted by molar-refractivity contribution is 7.80. The van der Waals surface area contributed by atoms with Gasteiger partial charge in [-0.3, -0.25) is 10.1 Å². The van der Waals surface area contributed by atoms with Crippen LogP contribution >= 0.6 is 23.6 Å². The van der Waals surface area contributed by atoms with Crippen LogP contribution in [0.1, 0.15) is 45.3 Å². The van der Waals surface area contributed by atoms with Gasteiger partial charge in [0, 0.05) is 10.4 Å². The Morgan fingerprint density at radius 3 is 2.69 bits per heavy atom. The van der Waals surface area contributed by atoms with Crippen LogP contribution in [0.25, 0.3) is 0 Å². The second-order valence-electron chi connectivity index (χ2n) is 7.87. The lowest BCUT2D eigenvalue weighted by Gasteiger charge is -2.17. The van der Waals surface area contributed by atoms with E-state index < -0.39 is 0 Å². The predicted molar refractivity (Wildman–Crippen MR) is 131 cm³/mol. The molecule has 1 aliphatic rings. The standard InChI is InChI=1S/C25H23N3O2S2/c1-16-7-12-20-21(14-26)24(32-22(20)13-16)28-25(31)27-23(29)18-8-10-19(11-9-18)30-15-17-5-3-2-4-6-17/h2-6,8-11,16H,7,12-13,15H2,1H3,(H2,27,28,29,31). The molecule has 0 aliphatic heterocycles. The smallest absolute Gasteiger partial charge is 0.257 e. The van der Waals surface area contributed by atoms with Gasteiger partial charge in [0.25, 0.3) is 5.91 Å². The van der Waals surface area contributed by atoms with E-state index in [2.05, 4.69) is 23.6 Å². The second kappa shape index (κ2) is 9.94. The zero-order chi connectivity index (χ0) is 22.5. The van der Waals surface area contributed by atoms with Crippen LogP contribution in [0, 0.1) is 17.2 Å². The minimum Gasteiger partial charge on any atom is -0.489 e. The molecule has 0 radical (unpaired) electrons. The number of benzene rings is 2. The maximum atomic E-state index is 12.6. The number of carbonyl (C=O) groups excluding carboxylic acids is 1. The lowest BCUT2D eigenvalue weighted by Crippen LogP contribution is -2.34. The molecule has 3 aromatic rings. The largest absolute Gasteiger partial charge is 0.489 e. The molecular weight excluding hydrogens is 438 g/mol. The van der Waals surface area contributed by atoms with Gasteiger partial charge in [-0.25, -0.2) is 0 Å². The van der Waals surface area contributed by atoms with E-state index in [0.717, 1.165) is 30.4 Å². The Hall–Kier alpha value is -3.21. The minimum absolute atomic E-state index is 0.183. The number of thiophene rings is 1. The molecule has 32 heavy (non-hydrogen) atoms. The molecule has 7 heteroatoms. The van der Waals surface area contributed by atoms with Crippen molar-refractivity contribution in [3.8, 4) is 11.8 Å². The van der Waals surface area contributed by atoms with Crippen molar-refractivity contribution < 1.29 is 9.53 Å². The summed E-state index contributed by atoms with van der Waals surface area (Å²) in [5, 5.41) is 16.3. The van der Waals surface area contributed by atoms with Crippen molar-refractivity contribution >= 4 is 39.6 Å². The maximum absolute atomic E-state index is 12.6. The number of nitriles is 1. The molecule has 1 aromatic heterocycles. The predicted octanol–water partition coefficient (Wildman–Crippen LogP) is 5.45. The Morgan fingerprint density at radius 2 is 1.97 bits per heavy atom. The summed E-state index contributed by atoms with van der Waals surface area (Å²) in [6.07, 6.45) is 2.98. The van der Waals surface area contributed by atoms with Crippen LogP contribution in [-0.4, -0.2) is 11.0 Å². The Labute approximate surface area is 197 Å². The normalized spacial score (nSPS) is 14.7. The zero-order valence-corrected chi connectivity index (χ0v) is 19.3. The van der Waals surface area contributed by atoms with Gasteiger partial charge in [-0.05, 0) is 72.8 Å². The third kappa shape index (κ3) is 5.16. The van der Waals surface area contributed by atoms with E-state index in [9.17, 15) is 10.1 Å². The fourth-order valence-electron chi connectivity index (χ4n) is 3.71. The number of anilines is 1. The van der Waals surface area contributed by atoms with E-state index in [0.29, 0.717) is 34.4 Å². The van der Waals surface area contributed by atoms with Crippen molar-refractivity contribution in [2.75, 3.05) is 5.32 Å². The summed E-state index contributed by atoms with van der Waals surface area (Å²) in [5.41, 5.74) is 3.32. The van der Waals surface area contributed by atoms with Crippen molar-refractivity contribution in [1.82, 2.24) is 5.32 Å². The minimum atomic E-state index is -0.314. The molecule has 0 saturated heterocycles.